The van der Waals surface area contributed by atoms with Crippen molar-refractivity contribution in [1.82, 2.24) is 31.0 Å². The molecule has 1 aromatic carbocycles. The molecule has 1 aliphatic carbocycles. The zero-order valence-corrected chi connectivity index (χ0v) is 21.1. The van der Waals surface area contributed by atoms with Crippen molar-refractivity contribution in [2.45, 2.75) is 37.9 Å². The highest BCUT2D eigenvalue weighted by atomic mass is 35.5. The molecule has 184 valence electrons. The fourth-order valence-corrected chi connectivity index (χ4v) is 5.80. The summed E-state index contributed by atoms with van der Waals surface area (Å²) in [6.45, 7) is 1.75. The molecule has 9 nitrogen and oxygen atoms in total. The van der Waals surface area contributed by atoms with Crippen LogP contribution in [0.4, 0.5) is 0 Å². The van der Waals surface area contributed by atoms with Crippen LogP contribution in [-0.2, 0) is 17.8 Å². The topological polar surface area (TPSA) is 111 Å². The lowest BCUT2D eigenvalue weighted by Gasteiger charge is -2.31. The molecule has 0 saturated carbocycles. The number of hydrogen-bond donors (Lipinski definition) is 4. The number of fused-ring (bicyclic) bond motifs is 2. The fourth-order valence-electron chi connectivity index (χ4n) is 4.53. The van der Waals surface area contributed by atoms with Gasteiger partial charge >= 0.3 is 0 Å². The van der Waals surface area contributed by atoms with Crippen molar-refractivity contribution in [3.8, 4) is 0 Å². The molecule has 0 bridgehead atoms. The fraction of sp³-hybridized carbons (Fsp3) is 0.375. The SMILES string of the molecule is CONC1=C[C@H](NC(=O)c2cc3cc(Cl)ccc3[nH]2)[C@H](NC(=O)c2nc3c(s2)CN(C)CC3)CC1. The van der Waals surface area contributed by atoms with Crippen molar-refractivity contribution < 1.29 is 14.4 Å². The Morgan fingerprint density at radius 2 is 2.09 bits per heavy atom. The molecular weight excluding hydrogens is 488 g/mol. The number of amides is 2. The maximum Gasteiger partial charge on any atom is 0.280 e. The molecule has 11 heteroatoms. The van der Waals surface area contributed by atoms with E-state index in [-0.39, 0.29) is 17.9 Å². The number of aromatic amines is 1. The Morgan fingerprint density at radius 1 is 1.23 bits per heavy atom. The third-order valence-electron chi connectivity index (χ3n) is 6.33. The van der Waals surface area contributed by atoms with E-state index in [9.17, 15) is 9.59 Å². The van der Waals surface area contributed by atoms with E-state index in [0.717, 1.165) is 46.7 Å². The zero-order valence-electron chi connectivity index (χ0n) is 19.5. The van der Waals surface area contributed by atoms with Gasteiger partial charge in [0.25, 0.3) is 11.8 Å². The second-order valence-corrected chi connectivity index (χ2v) is 10.4. The molecule has 35 heavy (non-hydrogen) atoms. The van der Waals surface area contributed by atoms with E-state index in [1.807, 2.05) is 12.1 Å². The number of hydroxylamine groups is 1. The molecule has 2 aromatic heterocycles. The Bertz CT molecular complexity index is 1300. The molecule has 0 saturated heterocycles. The number of likely N-dealkylation sites (N-methyl/N-ethyl adjacent to an activating group) is 1. The summed E-state index contributed by atoms with van der Waals surface area (Å²) in [4.78, 5) is 42.4. The first kappa shape index (κ1) is 23.8. The second kappa shape index (κ2) is 9.98. The number of thiazole rings is 1. The van der Waals surface area contributed by atoms with Crippen LogP contribution in [0.3, 0.4) is 0 Å². The van der Waals surface area contributed by atoms with E-state index < -0.39 is 6.04 Å². The first-order valence-corrected chi connectivity index (χ1v) is 12.7. The van der Waals surface area contributed by atoms with Gasteiger partial charge in [-0.25, -0.2) is 4.98 Å². The van der Waals surface area contributed by atoms with Gasteiger partial charge in [0.15, 0.2) is 5.01 Å². The third-order valence-corrected chi connectivity index (χ3v) is 7.65. The predicted molar refractivity (Wildman–Crippen MR) is 135 cm³/mol. The van der Waals surface area contributed by atoms with E-state index >= 15 is 0 Å². The predicted octanol–water partition coefficient (Wildman–Crippen LogP) is 2.99. The van der Waals surface area contributed by atoms with E-state index in [1.165, 1.54) is 11.3 Å². The van der Waals surface area contributed by atoms with Gasteiger partial charge in [-0.15, -0.1) is 11.3 Å². The van der Waals surface area contributed by atoms with Crippen molar-refractivity contribution in [1.29, 1.82) is 0 Å². The molecule has 4 N–H and O–H groups in total. The van der Waals surface area contributed by atoms with Crippen LogP contribution in [0.1, 0.15) is 43.7 Å². The lowest BCUT2D eigenvalue weighted by molar-refractivity contribution is 0.0873. The number of hydrogen-bond acceptors (Lipinski definition) is 7. The summed E-state index contributed by atoms with van der Waals surface area (Å²) in [7, 11) is 3.61. The first-order chi connectivity index (χ1) is 16.9. The number of carbonyl (C=O) groups is 2. The molecular formula is C24H27ClN6O3S. The monoisotopic (exact) mass is 514 g/mol. The Kier molecular flexibility index (Phi) is 6.79. The number of aromatic nitrogens is 2. The molecule has 0 unspecified atom stereocenters. The number of benzene rings is 1. The van der Waals surface area contributed by atoms with E-state index in [2.05, 4.69) is 38.0 Å². The molecule has 3 heterocycles. The number of nitrogens with one attached hydrogen (secondary N) is 4. The summed E-state index contributed by atoms with van der Waals surface area (Å²) in [5.41, 5.74) is 5.96. The van der Waals surface area contributed by atoms with Gasteiger partial charge in [-0.2, -0.15) is 0 Å². The summed E-state index contributed by atoms with van der Waals surface area (Å²) >= 11 is 7.52. The lowest BCUT2D eigenvalue weighted by atomic mass is 9.94. The minimum Gasteiger partial charge on any atom is -0.351 e. The van der Waals surface area contributed by atoms with Gasteiger partial charge in [0.05, 0.1) is 24.9 Å². The maximum absolute atomic E-state index is 13.1. The van der Waals surface area contributed by atoms with Crippen molar-refractivity contribution in [2.75, 3.05) is 20.7 Å². The van der Waals surface area contributed by atoms with Crippen molar-refractivity contribution in [3.63, 3.8) is 0 Å². The van der Waals surface area contributed by atoms with Crippen LogP contribution in [0, 0.1) is 0 Å². The number of H-pyrrole nitrogens is 1. The highest BCUT2D eigenvalue weighted by Gasteiger charge is 2.30. The third kappa shape index (κ3) is 5.20. The average molecular weight is 515 g/mol. The molecule has 1 aliphatic heterocycles. The molecule has 0 spiro atoms. The van der Waals surface area contributed by atoms with Crippen molar-refractivity contribution >= 4 is 45.7 Å². The maximum atomic E-state index is 13.1. The van der Waals surface area contributed by atoms with Crippen LogP contribution in [0.25, 0.3) is 10.9 Å². The molecule has 3 aromatic rings. The van der Waals surface area contributed by atoms with Gasteiger partial charge in [0.2, 0.25) is 0 Å². The minimum atomic E-state index is -0.437. The summed E-state index contributed by atoms with van der Waals surface area (Å²) in [6.07, 6.45) is 4.05. The molecule has 2 aliphatic rings. The van der Waals surface area contributed by atoms with Crippen LogP contribution >= 0.6 is 22.9 Å². The Morgan fingerprint density at radius 3 is 2.91 bits per heavy atom. The Hall–Kier alpha value is -2.92. The quantitative estimate of drug-likeness (QED) is 0.376. The summed E-state index contributed by atoms with van der Waals surface area (Å²) in [5.74, 6) is -0.489. The number of carbonyl (C=O) groups excluding carboxylic acids is 2. The molecule has 5 rings (SSSR count). The van der Waals surface area contributed by atoms with Gasteiger partial charge in [0, 0.05) is 46.0 Å². The van der Waals surface area contributed by atoms with Crippen LogP contribution in [0.5, 0.6) is 0 Å². The van der Waals surface area contributed by atoms with Crippen LogP contribution in [0.15, 0.2) is 36.0 Å². The number of rotatable bonds is 6. The van der Waals surface area contributed by atoms with E-state index in [4.69, 9.17) is 16.4 Å². The minimum absolute atomic E-state index is 0.215. The van der Waals surface area contributed by atoms with Gasteiger partial charge in [-0.05, 0) is 50.2 Å². The van der Waals surface area contributed by atoms with Crippen LogP contribution in [-0.4, -0.2) is 59.5 Å². The molecule has 0 fully saturated rings. The Balaban J connectivity index is 1.33. The largest absolute Gasteiger partial charge is 0.351 e. The summed E-state index contributed by atoms with van der Waals surface area (Å²) in [6, 6.07) is 6.45. The van der Waals surface area contributed by atoms with Gasteiger partial charge < -0.3 is 20.5 Å². The van der Waals surface area contributed by atoms with Gasteiger partial charge in [-0.1, -0.05) is 11.6 Å². The molecule has 0 radical (unpaired) electrons. The average Bonchev–Trinajstić information content (AvgIpc) is 3.44. The number of halogens is 1. The Labute approximate surface area is 211 Å². The lowest BCUT2D eigenvalue weighted by Crippen LogP contribution is -2.52. The van der Waals surface area contributed by atoms with Crippen molar-refractivity contribution in [2.24, 2.45) is 0 Å². The van der Waals surface area contributed by atoms with E-state index in [0.29, 0.717) is 28.6 Å². The smallest absolute Gasteiger partial charge is 0.280 e. The molecule has 2 atom stereocenters. The number of allylic oxidation sites excluding steroid dienone is 1. The summed E-state index contributed by atoms with van der Waals surface area (Å²) in [5, 5.41) is 8.07. The normalized spacial score (nSPS) is 20.3. The first-order valence-electron chi connectivity index (χ1n) is 11.5. The van der Waals surface area contributed by atoms with Gasteiger partial charge in [-0.3, -0.25) is 19.9 Å². The highest BCUT2D eigenvalue weighted by Crippen LogP contribution is 2.26. The summed E-state index contributed by atoms with van der Waals surface area (Å²) < 4.78 is 0. The van der Waals surface area contributed by atoms with Gasteiger partial charge in [0.1, 0.15) is 5.69 Å². The van der Waals surface area contributed by atoms with Crippen LogP contribution < -0.4 is 16.1 Å². The molecule has 2 amide bonds. The van der Waals surface area contributed by atoms with E-state index in [1.54, 1.807) is 25.3 Å². The number of nitrogens with zero attached hydrogens (tertiary/aromatic N) is 2. The standard InChI is InChI=1S/C24H27ClN6O3S/c1-31-8-7-18-21(12-31)35-24(29-18)23(33)27-17-6-4-15(30-34-2)11-19(17)28-22(32)20-10-13-9-14(25)3-5-16(13)26-20/h3,5,9-11,17,19,26,30H,4,6-8,12H2,1-2H3,(H,27,33)(H,28,32)/t17-,19+/m1/s1. The van der Waals surface area contributed by atoms with Crippen LogP contribution in [0.2, 0.25) is 5.02 Å². The van der Waals surface area contributed by atoms with Crippen molar-refractivity contribution in [3.05, 3.63) is 62.3 Å². The highest BCUT2D eigenvalue weighted by molar-refractivity contribution is 7.13. The zero-order chi connectivity index (χ0) is 24.5. The second-order valence-electron chi connectivity index (χ2n) is 8.91.